The van der Waals surface area contributed by atoms with E-state index in [9.17, 15) is 21.6 Å². The third kappa shape index (κ3) is 4.08. The van der Waals surface area contributed by atoms with E-state index in [0.29, 0.717) is 9.35 Å². The number of morpholine rings is 1. The lowest BCUT2D eigenvalue weighted by Gasteiger charge is -2.32. The summed E-state index contributed by atoms with van der Waals surface area (Å²) in [6, 6.07) is 7.78. The van der Waals surface area contributed by atoms with E-state index < -0.39 is 27.9 Å². The third-order valence-corrected chi connectivity index (χ3v) is 7.74. The van der Waals surface area contributed by atoms with Crippen LogP contribution in [0.25, 0.3) is 0 Å². The van der Waals surface area contributed by atoms with E-state index in [1.807, 2.05) is 0 Å². The Balaban J connectivity index is 1.79. The monoisotopic (exact) mass is 455 g/mol. The maximum atomic E-state index is 12.7. The number of halogens is 4. The second kappa shape index (κ2) is 6.99. The molecule has 1 aromatic heterocycles. The standard InChI is InChI=1S/C15H13BrF3NO3S2/c16-13-5-6-14(24-13)25(21,22)20-7-8-23-12(9-20)10-1-3-11(4-2-10)15(17,18)19/h1-6,12H,7-9H2/t12-/m0/s1. The Morgan fingerprint density at radius 2 is 1.84 bits per heavy atom. The Bertz CT molecular complexity index is 850. The van der Waals surface area contributed by atoms with Gasteiger partial charge in [-0.05, 0) is 45.8 Å². The van der Waals surface area contributed by atoms with E-state index >= 15 is 0 Å². The molecule has 1 aromatic carbocycles. The number of rotatable bonds is 3. The van der Waals surface area contributed by atoms with Crippen molar-refractivity contribution in [3.05, 3.63) is 51.3 Å². The van der Waals surface area contributed by atoms with E-state index in [2.05, 4.69) is 15.9 Å². The molecular formula is C15H13BrF3NO3S2. The van der Waals surface area contributed by atoms with Crippen LogP contribution >= 0.6 is 27.3 Å². The number of benzene rings is 1. The van der Waals surface area contributed by atoms with Crippen LogP contribution in [0.2, 0.25) is 0 Å². The number of hydrogen-bond donors (Lipinski definition) is 0. The Morgan fingerprint density at radius 1 is 1.16 bits per heavy atom. The van der Waals surface area contributed by atoms with Crippen LogP contribution in [0.1, 0.15) is 17.2 Å². The molecule has 0 amide bonds. The topological polar surface area (TPSA) is 46.6 Å². The van der Waals surface area contributed by atoms with E-state index in [0.717, 1.165) is 23.5 Å². The number of ether oxygens (including phenoxy) is 1. The van der Waals surface area contributed by atoms with Crippen LogP contribution in [-0.4, -0.2) is 32.4 Å². The van der Waals surface area contributed by atoms with Gasteiger partial charge in [0, 0.05) is 13.1 Å². The molecule has 0 unspecified atom stereocenters. The van der Waals surface area contributed by atoms with Crippen LogP contribution in [0, 0.1) is 0 Å². The van der Waals surface area contributed by atoms with Crippen molar-refractivity contribution in [1.82, 2.24) is 4.31 Å². The van der Waals surface area contributed by atoms with Crippen LogP contribution in [0.5, 0.6) is 0 Å². The van der Waals surface area contributed by atoms with E-state index in [4.69, 9.17) is 4.74 Å². The Hall–Kier alpha value is -0.940. The lowest BCUT2D eigenvalue weighted by molar-refractivity contribution is -0.137. The van der Waals surface area contributed by atoms with Crippen molar-refractivity contribution in [2.75, 3.05) is 19.7 Å². The Kier molecular flexibility index (Phi) is 5.27. The van der Waals surface area contributed by atoms with Gasteiger partial charge in [0.05, 0.1) is 22.1 Å². The summed E-state index contributed by atoms with van der Waals surface area (Å²) >= 11 is 4.35. The first-order valence-corrected chi connectivity index (χ1v) is 10.3. The fourth-order valence-corrected chi connectivity index (χ4v) is 6.08. The molecule has 0 aliphatic carbocycles. The molecule has 0 spiro atoms. The molecule has 25 heavy (non-hydrogen) atoms. The molecule has 3 rings (SSSR count). The Morgan fingerprint density at radius 3 is 2.40 bits per heavy atom. The van der Waals surface area contributed by atoms with Gasteiger partial charge >= 0.3 is 6.18 Å². The summed E-state index contributed by atoms with van der Waals surface area (Å²) in [5.74, 6) is 0. The molecule has 2 heterocycles. The molecule has 0 bridgehead atoms. The maximum absolute atomic E-state index is 12.7. The van der Waals surface area contributed by atoms with Gasteiger partial charge in [0.1, 0.15) is 4.21 Å². The van der Waals surface area contributed by atoms with Gasteiger partial charge in [-0.25, -0.2) is 8.42 Å². The van der Waals surface area contributed by atoms with Crippen molar-refractivity contribution in [2.45, 2.75) is 16.5 Å². The molecular weight excluding hydrogens is 443 g/mol. The van der Waals surface area contributed by atoms with Gasteiger partial charge in [-0.2, -0.15) is 17.5 Å². The summed E-state index contributed by atoms with van der Waals surface area (Å²) in [5, 5.41) is 0. The normalized spacial score (nSPS) is 19.9. The molecule has 0 N–H and O–H groups in total. The number of alkyl halides is 3. The average Bonchev–Trinajstić information content (AvgIpc) is 3.02. The number of nitrogens with zero attached hydrogens (tertiary/aromatic N) is 1. The lowest BCUT2D eigenvalue weighted by Crippen LogP contribution is -2.41. The zero-order chi connectivity index (χ0) is 18.2. The van der Waals surface area contributed by atoms with Gasteiger partial charge in [0.15, 0.2) is 0 Å². The summed E-state index contributed by atoms with van der Waals surface area (Å²) in [5.41, 5.74) is -0.236. The number of thiophene rings is 1. The molecule has 10 heteroatoms. The van der Waals surface area contributed by atoms with Crippen LogP contribution in [0.15, 0.2) is 44.4 Å². The highest BCUT2D eigenvalue weighted by Crippen LogP contribution is 2.33. The minimum absolute atomic E-state index is 0.0587. The largest absolute Gasteiger partial charge is 0.416 e. The van der Waals surface area contributed by atoms with Gasteiger partial charge in [-0.15, -0.1) is 11.3 Å². The molecule has 1 aliphatic heterocycles. The van der Waals surface area contributed by atoms with Gasteiger partial charge in [-0.3, -0.25) is 0 Å². The highest BCUT2D eigenvalue weighted by Gasteiger charge is 2.34. The SMILES string of the molecule is O=S(=O)(c1ccc(Br)s1)N1CCO[C@H](c2ccc(C(F)(F)F)cc2)C1. The molecule has 1 saturated heterocycles. The highest BCUT2D eigenvalue weighted by molar-refractivity contribution is 9.11. The predicted molar refractivity (Wildman–Crippen MR) is 90.9 cm³/mol. The minimum Gasteiger partial charge on any atom is -0.371 e. The Labute approximate surface area is 155 Å². The van der Waals surface area contributed by atoms with Crippen LogP contribution in [-0.2, 0) is 20.9 Å². The second-order valence-electron chi connectivity index (χ2n) is 5.40. The molecule has 1 atom stereocenters. The zero-order valence-electron chi connectivity index (χ0n) is 12.7. The van der Waals surface area contributed by atoms with E-state index in [-0.39, 0.29) is 23.9 Å². The van der Waals surface area contributed by atoms with E-state index in [1.54, 1.807) is 6.07 Å². The summed E-state index contributed by atoms with van der Waals surface area (Å²) in [4.78, 5) is 0. The molecule has 4 nitrogen and oxygen atoms in total. The first-order valence-electron chi connectivity index (χ1n) is 7.22. The van der Waals surface area contributed by atoms with Crippen LogP contribution in [0.3, 0.4) is 0 Å². The maximum Gasteiger partial charge on any atom is 0.416 e. The molecule has 136 valence electrons. The van der Waals surface area contributed by atoms with Crippen molar-refractivity contribution in [3.63, 3.8) is 0 Å². The van der Waals surface area contributed by atoms with Crippen molar-refractivity contribution in [3.8, 4) is 0 Å². The fourth-order valence-electron chi connectivity index (χ4n) is 2.50. The first-order chi connectivity index (χ1) is 11.7. The predicted octanol–water partition coefficient (Wildman–Crippen LogP) is 4.29. The lowest BCUT2D eigenvalue weighted by atomic mass is 10.1. The molecule has 0 saturated carbocycles. The van der Waals surface area contributed by atoms with Crippen molar-refractivity contribution in [1.29, 1.82) is 0 Å². The molecule has 0 radical (unpaired) electrons. The summed E-state index contributed by atoms with van der Waals surface area (Å²) in [7, 11) is -3.65. The number of hydrogen-bond acceptors (Lipinski definition) is 4. The average molecular weight is 456 g/mol. The summed E-state index contributed by atoms with van der Waals surface area (Å²) in [6.45, 7) is 0.440. The van der Waals surface area contributed by atoms with Gasteiger partial charge in [-0.1, -0.05) is 12.1 Å². The zero-order valence-corrected chi connectivity index (χ0v) is 15.9. The van der Waals surface area contributed by atoms with Gasteiger partial charge < -0.3 is 4.74 Å². The summed E-state index contributed by atoms with van der Waals surface area (Å²) in [6.07, 6.45) is -5.01. The van der Waals surface area contributed by atoms with E-state index in [1.165, 1.54) is 22.5 Å². The minimum atomic E-state index is -4.41. The molecule has 1 fully saturated rings. The van der Waals surface area contributed by atoms with Crippen molar-refractivity contribution < 1.29 is 26.3 Å². The van der Waals surface area contributed by atoms with Crippen LogP contribution in [0.4, 0.5) is 13.2 Å². The molecule has 2 aromatic rings. The third-order valence-electron chi connectivity index (χ3n) is 3.78. The molecule has 1 aliphatic rings. The highest BCUT2D eigenvalue weighted by atomic mass is 79.9. The quantitative estimate of drug-likeness (QED) is 0.693. The smallest absolute Gasteiger partial charge is 0.371 e. The number of sulfonamides is 1. The first kappa shape index (κ1) is 18.8. The van der Waals surface area contributed by atoms with Crippen LogP contribution < -0.4 is 0 Å². The summed E-state index contributed by atoms with van der Waals surface area (Å²) < 4.78 is 71.1. The second-order valence-corrected chi connectivity index (χ2v) is 10.0. The van der Waals surface area contributed by atoms with Crippen molar-refractivity contribution >= 4 is 37.3 Å². The fraction of sp³-hybridized carbons (Fsp3) is 0.333. The van der Waals surface area contributed by atoms with Crippen molar-refractivity contribution in [2.24, 2.45) is 0 Å². The van der Waals surface area contributed by atoms with Gasteiger partial charge in [0.25, 0.3) is 10.0 Å². The van der Waals surface area contributed by atoms with Gasteiger partial charge in [0.2, 0.25) is 0 Å².